The van der Waals surface area contributed by atoms with Crippen LogP contribution in [0.1, 0.15) is 22.5 Å². The smallest absolute Gasteiger partial charge is 0.273 e. The fourth-order valence-electron chi connectivity index (χ4n) is 3.01. The largest absolute Gasteiger partial charge is 0.465 e. The number of hydrogen-bond donors (Lipinski definition) is 0. The molecule has 1 saturated heterocycles. The number of nitrogens with zero attached hydrogens (tertiary/aromatic N) is 3. The van der Waals surface area contributed by atoms with E-state index in [2.05, 4.69) is 9.97 Å². The summed E-state index contributed by atoms with van der Waals surface area (Å²) in [5, 5.41) is 3.54. The van der Waals surface area contributed by atoms with Crippen LogP contribution in [-0.2, 0) is 0 Å². The number of amides is 1. The fraction of sp³-hybridized carbons (Fsp3) is 0.278. The number of para-hydroxylation sites is 1. The lowest BCUT2D eigenvalue weighted by molar-refractivity contribution is 0.0774. The van der Waals surface area contributed by atoms with Gasteiger partial charge in [0.2, 0.25) is 0 Å². The van der Waals surface area contributed by atoms with Gasteiger partial charge in [0, 0.05) is 35.6 Å². The van der Waals surface area contributed by atoms with E-state index in [0.29, 0.717) is 23.8 Å². The number of carbonyl (C=O) groups excluding carboxylic acids is 1. The van der Waals surface area contributed by atoms with Crippen molar-refractivity contribution in [3.8, 4) is 5.19 Å². The van der Waals surface area contributed by atoms with Gasteiger partial charge in [-0.3, -0.25) is 9.78 Å². The van der Waals surface area contributed by atoms with Crippen molar-refractivity contribution in [2.24, 2.45) is 0 Å². The van der Waals surface area contributed by atoms with Crippen LogP contribution in [0.25, 0.3) is 10.9 Å². The molecule has 24 heavy (non-hydrogen) atoms. The summed E-state index contributed by atoms with van der Waals surface area (Å²) in [5.74, 6) is 0.0175. The van der Waals surface area contributed by atoms with Crippen LogP contribution >= 0.6 is 11.3 Å². The maximum atomic E-state index is 12.9. The summed E-state index contributed by atoms with van der Waals surface area (Å²) in [7, 11) is 0. The Kier molecular flexibility index (Phi) is 3.90. The zero-order chi connectivity index (χ0) is 16.5. The standard InChI is InChI=1S/C18H17N3O2S/c1-12-5-6-13-3-2-4-15(16(13)20-12)17(22)21-9-7-14(11-21)23-18-19-8-10-24-18/h2-6,8,10,14H,7,9,11H2,1H3. The second-order valence-corrected chi connectivity index (χ2v) is 6.76. The average Bonchev–Trinajstić information content (AvgIpc) is 3.26. The van der Waals surface area contributed by atoms with E-state index >= 15 is 0 Å². The van der Waals surface area contributed by atoms with Crippen molar-refractivity contribution >= 4 is 28.1 Å². The van der Waals surface area contributed by atoms with Gasteiger partial charge in [0.05, 0.1) is 17.6 Å². The Hall–Kier alpha value is -2.47. The Morgan fingerprint density at radius 2 is 2.25 bits per heavy atom. The summed E-state index contributed by atoms with van der Waals surface area (Å²) < 4.78 is 5.84. The third-order valence-corrected chi connectivity index (χ3v) is 4.86. The number of fused-ring (bicyclic) bond motifs is 1. The van der Waals surface area contributed by atoms with Crippen molar-refractivity contribution in [3.63, 3.8) is 0 Å². The molecule has 1 atom stereocenters. The lowest BCUT2D eigenvalue weighted by Gasteiger charge is -2.17. The van der Waals surface area contributed by atoms with E-state index < -0.39 is 0 Å². The van der Waals surface area contributed by atoms with Crippen molar-refractivity contribution in [1.29, 1.82) is 0 Å². The van der Waals surface area contributed by atoms with Crippen LogP contribution in [0.2, 0.25) is 0 Å². The van der Waals surface area contributed by atoms with Crippen LogP contribution in [0.5, 0.6) is 5.19 Å². The summed E-state index contributed by atoms with van der Waals surface area (Å²) in [6, 6.07) is 9.71. The van der Waals surface area contributed by atoms with Crippen LogP contribution in [0.15, 0.2) is 41.9 Å². The summed E-state index contributed by atoms with van der Waals surface area (Å²) >= 11 is 1.47. The minimum atomic E-state index is 0.00442. The van der Waals surface area contributed by atoms with E-state index in [9.17, 15) is 4.79 Å². The number of rotatable bonds is 3. The van der Waals surface area contributed by atoms with Gasteiger partial charge in [-0.2, -0.15) is 0 Å². The highest BCUT2D eigenvalue weighted by Gasteiger charge is 2.29. The number of hydrogen-bond acceptors (Lipinski definition) is 5. The molecule has 0 spiro atoms. The second kappa shape index (κ2) is 6.20. The first-order chi connectivity index (χ1) is 11.7. The van der Waals surface area contributed by atoms with E-state index in [0.717, 1.165) is 23.0 Å². The molecule has 1 aliphatic rings. The summed E-state index contributed by atoms with van der Waals surface area (Å²) in [4.78, 5) is 23.5. The highest BCUT2D eigenvalue weighted by molar-refractivity contribution is 7.11. The van der Waals surface area contributed by atoms with E-state index in [4.69, 9.17) is 4.74 Å². The number of aryl methyl sites for hydroxylation is 1. The predicted molar refractivity (Wildman–Crippen MR) is 93.5 cm³/mol. The Balaban J connectivity index is 1.55. The quantitative estimate of drug-likeness (QED) is 0.735. The number of pyridine rings is 1. The van der Waals surface area contributed by atoms with Gasteiger partial charge in [-0.25, -0.2) is 4.98 Å². The van der Waals surface area contributed by atoms with Gasteiger partial charge < -0.3 is 9.64 Å². The minimum Gasteiger partial charge on any atom is -0.465 e. The first-order valence-corrected chi connectivity index (χ1v) is 8.80. The predicted octanol–water partition coefficient (Wildman–Crippen LogP) is 3.29. The topological polar surface area (TPSA) is 55.3 Å². The Morgan fingerprint density at radius 3 is 3.08 bits per heavy atom. The highest BCUT2D eigenvalue weighted by Crippen LogP contribution is 2.24. The van der Waals surface area contributed by atoms with Gasteiger partial charge in [-0.05, 0) is 19.1 Å². The maximum absolute atomic E-state index is 12.9. The second-order valence-electron chi connectivity index (χ2n) is 5.91. The fourth-order valence-corrected chi connectivity index (χ4v) is 3.56. The first-order valence-electron chi connectivity index (χ1n) is 7.92. The molecule has 0 saturated carbocycles. The molecular formula is C18H17N3O2S. The normalized spacial score (nSPS) is 17.4. The molecule has 1 amide bonds. The molecule has 122 valence electrons. The molecule has 2 aromatic heterocycles. The first kappa shape index (κ1) is 15.1. The van der Waals surface area contributed by atoms with Crippen molar-refractivity contribution in [1.82, 2.24) is 14.9 Å². The van der Waals surface area contributed by atoms with Crippen LogP contribution in [-0.4, -0.2) is 40.0 Å². The van der Waals surface area contributed by atoms with E-state index in [1.54, 1.807) is 6.20 Å². The van der Waals surface area contributed by atoms with Crippen molar-refractivity contribution in [3.05, 3.63) is 53.2 Å². The van der Waals surface area contributed by atoms with Gasteiger partial charge >= 0.3 is 0 Å². The van der Waals surface area contributed by atoms with Gasteiger partial charge in [-0.1, -0.05) is 29.5 Å². The molecule has 0 bridgehead atoms. The van der Waals surface area contributed by atoms with Crippen LogP contribution in [0.3, 0.4) is 0 Å². The number of aromatic nitrogens is 2. The molecule has 5 nitrogen and oxygen atoms in total. The van der Waals surface area contributed by atoms with Crippen molar-refractivity contribution in [2.75, 3.05) is 13.1 Å². The number of benzene rings is 1. The Bertz CT molecular complexity index is 879. The molecule has 0 radical (unpaired) electrons. The highest BCUT2D eigenvalue weighted by atomic mass is 32.1. The SMILES string of the molecule is Cc1ccc2cccc(C(=O)N3CCC(Oc4nccs4)C3)c2n1. The third kappa shape index (κ3) is 2.85. The third-order valence-electron chi connectivity index (χ3n) is 4.20. The lowest BCUT2D eigenvalue weighted by atomic mass is 10.1. The molecule has 0 aliphatic carbocycles. The molecule has 0 N–H and O–H groups in total. The molecule has 1 unspecified atom stereocenters. The van der Waals surface area contributed by atoms with E-state index in [-0.39, 0.29) is 12.0 Å². The zero-order valence-corrected chi connectivity index (χ0v) is 14.1. The van der Waals surface area contributed by atoms with Gasteiger partial charge in [-0.15, -0.1) is 0 Å². The van der Waals surface area contributed by atoms with Crippen molar-refractivity contribution in [2.45, 2.75) is 19.4 Å². The van der Waals surface area contributed by atoms with Gasteiger partial charge in [0.25, 0.3) is 11.1 Å². The van der Waals surface area contributed by atoms with Gasteiger partial charge in [0.1, 0.15) is 6.10 Å². The van der Waals surface area contributed by atoms with E-state index in [1.165, 1.54) is 11.3 Å². The molecular weight excluding hydrogens is 322 g/mol. The number of ether oxygens (including phenoxy) is 1. The molecule has 4 rings (SSSR count). The summed E-state index contributed by atoms with van der Waals surface area (Å²) in [6.45, 7) is 3.21. The molecule has 1 aromatic carbocycles. The molecule has 1 fully saturated rings. The molecule has 3 aromatic rings. The van der Waals surface area contributed by atoms with Crippen LogP contribution in [0, 0.1) is 6.92 Å². The zero-order valence-electron chi connectivity index (χ0n) is 13.3. The lowest BCUT2D eigenvalue weighted by Crippen LogP contribution is -2.31. The average molecular weight is 339 g/mol. The minimum absolute atomic E-state index is 0.00442. The molecule has 1 aliphatic heterocycles. The molecule has 6 heteroatoms. The number of likely N-dealkylation sites (tertiary alicyclic amines) is 1. The van der Waals surface area contributed by atoms with Gasteiger partial charge in [0.15, 0.2) is 0 Å². The Morgan fingerprint density at radius 1 is 1.33 bits per heavy atom. The number of carbonyl (C=O) groups is 1. The van der Waals surface area contributed by atoms with E-state index in [1.807, 2.05) is 47.5 Å². The van der Waals surface area contributed by atoms with Crippen LogP contribution < -0.4 is 4.74 Å². The summed E-state index contributed by atoms with van der Waals surface area (Å²) in [5.41, 5.74) is 2.34. The summed E-state index contributed by atoms with van der Waals surface area (Å²) in [6.07, 6.45) is 2.55. The molecule has 3 heterocycles. The monoisotopic (exact) mass is 339 g/mol. The van der Waals surface area contributed by atoms with Crippen molar-refractivity contribution < 1.29 is 9.53 Å². The van der Waals surface area contributed by atoms with Crippen LogP contribution in [0.4, 0.5) is 0 Å². The maximum Gasteiger partial charge on any atom is 0.273 e. The number of thiazole rings is 1. The Labute approximate surface area is 143 Å².